The molecule has 0 aliphatic heterocycles. The van der Waals surface area contributed by atoms with Crippen molar-refractivity contribution < 1.29 is 13.5 Å². The van der Waals surface area contributed by atoms with Crippen molar-refractivity contribution in [2.45, 2.75) is 12.8 Å². The van der Waals surface area contributed by atoms with Crippen molar-refractivity contribution in [1.29, 1.82) is 0 Å². The highest BCUT2D eigenvalue weighted by Crippen LogP contribution is 1.90. The zero-order chi connectivity index (χ0) is 9.78. The molecular weight excluding hydrogens is 174 g/mol. The van der Waals surface area contributed by atoms with E-state index in [4.69, 9.17) is 4.74 Å². The lowest BCUT2D eigenvalue weighted by Crippen LogP contribution is -1.66. The Kier molecular flexibility index (Phi) is 9.49. The summed E-state index contributed by atoms with van der Waals surface area (Å²) in [5.41, 5.74) is 0. The molecule has 72 valence electrons. The Hall–Kier alpha value is -1.38. The van der Waals surface area contributed by atoms with Gasteiger partial charge in [0.2, 0.25) is 0 Å². The van der Waals surface area contributed by atoms with Gasteiger partial charge in [0.05, 0.1) is 25.2 Å². The first kappa shape index (κ1) is 11.6. The number of hydrogen-bond acceptors (Lipinski definition) is 1. The predicted molar refractivity (Wildman–Crippen MR) is 49.1 cm³/mol. The lowest BCUT2D eigenvalue weighted by Gasteiger charge is -1.87. The average molecular weight is 186 g/mol. The molecule has 3 heteroatoms. The Labute approximate surface area is 76.7 Å². The monoisotopic (exact) mass is 186 g/mol. The highest BCUT2D eigenvalue weighted by molar-refractivity contribution is 4.89. The maximum Gasteiger partial charge on any atom is 0.0864 e. The first-order chi connectivity index (χ1) is 6.41. The standard InChI is InChI=1S/C10H12F2O/c11-7-3-1-5-9-13-10-6-2-4-8-12/h3-10H,1-2H2. The molecule has 0 fully saturated rings. The second-order valence-corrected chi connectivity index (χ2v) is 2.07. The highest BCUT2D eigenvalue weighted by atomic mass is 19.1. The first-order valence-electron chi connectivity index (χ1n) is 3.87. The van der Waals surface area contributed by atoms with Gasteiger partial charge in [0.1, 0.15) is 0 Å². The van der Waals surface area contributed by atoms with E-state index in [1.165, 1.54) is 24.7 Å². The Balaban J connectivity index is 3.32. The molecule has 0 radical (unpaired) electrons. The number of rotatable bonds is 6. The lowest BCUT2D eigenvalue weighted by atomic mass is 10.4. The molecule has 0 atom stereocenters. The quantitative estimate of drug-likeness (QED) is 0.573. The van der Waals surface area contributed by atoms with Gasteiger partial charge in [0.25, 0.3) is 0 Å². The van der Waals surface area contributed by atoms with Gasteiger partial charge in [-0.2, -0.15) is 0 Å². The molecule has 0 aromatic rings. The van der Waals surface area contributed by atoms with Crippen molar-refractivity contribution in [3.63, 3.8) is 0 Å². The molecule has 0 bridgehead atoms. The number of halogens is 2. The van der Waals surface area contributed by atoms with Gasteiger partial charge in [-0.1, -0.05) is 12.2 Å². The lowest BCUT2D eigenvalue weighted by molar-refractivity contribution is 0.400. The molecule has 0 saturated carbocycles. The minimum atomic E-state index is 0.478. The number of hydrogen-bond donors (Lipinski definition) is 0. The molecule has 0 N–H and O–H groups in total. The molecule has 0 aliphatic carbocycles. The summed E-state index contributed by atoms with van der Waals surface area (Å²) in [5, 5.41) is 0. The van der Waals surface area contributed by atoms with Gasteiger partial charge < -0.3 is 4.74 Å². The Morgan fingerprint density at radius 1 is 0.769 bits per heavy atom. The SMILES string of the molecule is FC=CCC=COC=CCC=CF. The maximum absolute atomic E-state index is 11.4. The van der Waals surface area contributed by atoms with Crippen LogP contribution in [0.1, 0.15) is 12.8 Å². The van der Waals surface area contributed by atoms with Crippen LogP contribution in [-0.4, -0.2) is 0 Å². The van der Waals surface area contributed by atoms with Gasteiger partial charge in [0, 0.05) is 0 Å². The summed E-state index contributed by atoms with van der Waals surface area (Å²) >= 11 is 0. The van der Waals surface area contributed by atoms with Crippen LogP contribution in [0, 0.1) is 0 Å². The van der Waals surface area contributed by atoms with Crippen molar-refractivity contribution in [2.75, 3.05) is 0 Å². The van der Waals surface area contributed by atoms with Gasteiger partial charge in [0.15, 0.2) is 0 Å². The van der Waals surface area contributed by atoms with E-state index in [1.54, 1.807) is 12.2 Å². The normalized spacial score (nSPS) is 12.8. The third kappa shape index (κ3) is 10.6. The topological polar surface area (TPSA) is 9.23 Å². The summed E-state index contributed by atoms with van der Waals surface area (Å²) in [5.74, 6) is 0. The molecule has 0 heterocycles. The van der Waals surface area contributed by atoms with Crippen LogP contribution in [0.25, 0.3) is 0 Å². The first-order valence-corrected chi connectivity index (χ1v) is 3.87. The van der Waals surface area contributed by atoms with Gasteiger partial charge >= 0.3 is 0 Å². The Morgan fingerprint density at radius 2 is 1.23 bits per heavy atom. The van der Waals surface area contributed by atoms with E-state index >= 15 is 0 Å². The fraction of sp³-hybridized carbons (Fsp3) is 0.200. The highest BCUT2D eigenvalue weighted by Gasteiger charge is 1.72. The molecule has 13 heavy (non-hydrogen) atoms. The Bertz CT molecular complexity index is 183. The van der Waals surface area contributed by atoms with Crippen molar-refractivity contribution in [1.82, 2.24) is 0 Å². The summed E-state index contributed by atoms with van der Waals surface area (Å²) < 4.78 is 27.6. The van der Waals surface area contributed by atoms with E-state index in [-0.39, 0.29) is 0 Å². The van der Waals surface area contributed by atoms with E-state index in [0.29, 0.717) is 25.5 Å². The van der Waals surface area contributed by atoms with Gasteiger partial charge in [-0.05, 0) is 25.0 Å². The van der Waals surface area contributed by atoms with Crippen LogP contribution in [0.4, 0.5) is 8.78 Å². The molecule has 0 aliphatic rings. The number of ether oxygens (including phenoxy) is 1. The third-order valence-corrected chi connectivity index (χ3v) is 1.07. The molecule has 0 unspecified atom stereocenters. The van der Waals surface area contributed by atoms with E-state index in [1.807, 2.05) is 0 Å². The second kappa shape index (κ2) is 10.6. The average Bonchev–Trinajstić information content (AvgIpc) is 2.16. The van der Waals surface area contributed by atoms with Crippen LogP contribution >= 0.6 is 0 Å². The molecular formula is C10H12F2O. The molecule has 0 amide bonds. The van der Waals surface area contributed by atoms with Gasteiger partial charge in [-0.3, -0.25) is 0 Å². The third-order valence-electron chi connectivity index (χ3n) is 1.07. The van der Waals surface area contributed by atoms with Crippen molar-refractivity contribution in [3.8, 4) is 0 Å². The predicted octanol–water partition coefficient (Wildman–Crippen LogP) is 3.78. The molecule has 0 aromatic carbocycles. The van der Waals surface area contributed by atoms with Crippen molar-refractivity contribution in [2.24, 2.45) is 0 Å². The smallest absolute Gasteiger partial charge is 0.0864 e. The van der Waals surface area contributed by atoms with Crippen molar-refractivity contribution >= 4 is 0 Å². The van der Waals surface area contributed by atoms with Crippen LogP contribution in [0.5, 0.6) is 0 Å². The van der Waals surface area contributed by atoms with E-state index < -0.39 is 0 Å². The summed E-state index contributed by atoms with van der Waals surface area (Å²) in [6, 6.07) is 0. The van der Waals surface area contributed by atoms with Crippen LogP contribution in [0.15, 0.2) is 49.5 Å². The minimum Gasteiger partial charge on any atom is -0.473 e. The summed E-state index contributed by atoms with van der Waals surface area (Å²) in [6.07, 6.45) is 10.9. The fourth-order valence-electron chi connectivity index (χ4n) is 0.528. The zero-order valence-corrected chi connectivity index (χ0v) is 7.20. The van der Waals surface area contributed by atoms with Crippen LogP contribution in [0.2, 0.25) is 0 Å². The summed E-state index contributed by atoms with van der Waals surface area (Å²) in [4.78, 5) is 0. The minimum absolute atomic E-state index is 0.478. The van der Waals surface area contributed by atoms with Crippen LogP contribution in [0.3, 0.4) is 0 Å². The van der Waals surface area contributed by atoms with E-state index in [0.717, 1.165) is 0 Å². The molecule has 1 nitrogen and oxygen atoms in total. The molecule has 0 aromatic heterocycles. The summed E-state index contributed by atoms with van der Waals surface area (Å²) in [6.45, 7) is 0. The molecule has 0 rings (SSSR count). The van der Waals surface area contributed by atoms with Gasteiger partial charge in [-0.15, -0.1) is 0 Å². The largest absolute Gasteiger partial charge is 0.473 e. The Morgan fingerprint density at radius 3 is 1.62 bits per heavy atom. The maximum atomic E-state index is 11.4. The van der Waals surface area contributed by atoms with Crippen LogP contribution < -0.4 is 0 Å². The zero-order valence-electron chi connectivity index (χ0n) is 7.20. The van der Waals surface area contributed by atoms with Crippen LogP contribution in [-0.2, 0) is 4.74 Å². The van der Waals surface area contributed by atoms with Gasteiger partial charge in [-0.25, -0.2) is 8.78 Å². The van der Waals surface area contributed by atoms with Crippen molar-refractivity contribution in [3.05, 3.63) is 49.5 Å². The fourth-order valence-corrected chi connectivity index (χ4v) is 0.528. The molecule has 0 saturated heterocycles. The molecule has 0 spiro atoms. The summed E-state index contributed by atoms with van der Waals surface area (Å²) in [7, 11) is 0. The van der Waals surface area contributed by atoms with E-state index in [2.05, 4.69) is 0 Å². The van der Waals surface area contributed by atoms with E-state index in [9.17, 15) is 8.78 Å². The number of allylic oxidation sites excluding steroid dienone is 4. The second-order valence-electron chi connectivity index (χ2n) is 2.07.